The average Bonchev–Trinajstić information content (AvgIpc) is 2.46. The number of aliphatic carboxylic acids is 1. The molecule has 2 N–H and O–H groups in total. The molecule has 23 heavy (non-hydrogen) atoms. The second kappa shape index (κ2) is 8.10. The zero-order valence-electron chi connectivity index (χ0n) is 13.6. The molecule has 7 heteroatoms. The van der Waals surface area contributed by atoms with Gasteiger partial charge in [-0.2, -0.15) is 0 Å². The molecule has 1 rings (SSSR count). The lowest BCUT2D eigenvalue weighted by atomic mass is 10.0. The molecular formula is C16H23NO5S. The highest BCUT2D eigenvalue weighted by Gasteiger charge is 2.21. The van der Waals surface area contributed by atoms with E-state index in [4.69, 9.17) is 5.11 Å². The number of hydrogen-bond acceptors (Lipinski definition) is 4. The van der Waals surface area contributed by atoms with Gasteiger partial charge in [0.1, 0.15) is 6.04 Å². The second-order valence-corrected chi connectivity index (χ2v) is 8.09. The van der Waals surface area contributed by atoms with Gasteiger partial charge in [-0.1, -0.05) is 32.9 Å². The lowest BCUT2D eigenvalue weighted by Gasteiger charge is -2.16. The molecule has 6 nitrogen and oxygen atoms in total. The first-order chi connectivity index (χ1) is 10.7. The van der Waals surface area contributed by atoms with Gasteiger partial charge in [-0.05, 0) is 30.0 Å². The Hall–Kier alpha value is -1.89. The van der Waals surface area contributed by atoms with Gasteiger partial charge in [-0.3, -0.25) is 4.79 Å². The van der Waals surface area contributed by atoms with Crippen molar-refractivity contribution >= 4 is 21.7 Å². The average molecular weight is 341 g/mol. The summed E-state index contributed by atoms with van der Waals surface area (Å²) in [6.45, 7) is 5.33. The number of carboxylic acid groups (broad SMARTS) is 1. The molecule has 1 unspecified atom stereocenters. The van der Waals surface area contributed by atoms with E-state index in [9.17, 15) is 18.0 Å². The van der Waals surface area contributed by atoms with Crippen molar-refractivity contribution in [1.82, 2.24) is 5.32 Å². The largest absolute Gasteiger partial charge is 0.480 e. The van der Waals surface area contributed by atoms with Crippen LogP contribution in [0, 0.1) is 5.92 Å². The van der Waals surface area contributed by atoms with Crippen molar-refractivity contribution in [3.63, 3.8) is 0 Å². The van der Waals surface area contributed by atoms with Gasteiger partial charge in [0.25, 0.3) is 0 Å². The fourth-order valence-electron chi connectivity index (χ4n) is 2.10. The molecule has 1 aromatic carbocycles. The Morgan fingerprint density at radius 3 is 2.17 bits per heavy atom. The normalized spacial score (nSPS) is 12.9. The fourth-order valence-corrected chi connectivity index (χ4v) is 2.99. The molecule has 0 fully saturated rings. The summed E-state index contributed by atoms with van der Waals surface area (Å²) in [6, 6.07) is 5.15. The van der Waals surface area contributed by atoms with Crippen LogP contribution in [0.4, 0.5) is 0 Å². The molecule has 0 heterocycles. The Morgan fingerprint density at radius 1 is 1.17 bits per heavy atom. The van der Waals surface area contributed by atoms with E-state index in [1.807, 2.05) is 13.8 Å². The summed E-state index contributed by atoms with van der Waals surface area (Å²) in [5.41, 5.74) is 0.631. The third-order valence-electron chi connectivity index (χ3n) is 3.37. The maximum absolute atomic E-state index is 12.0. The molecule has 0 aromatic heterocycles. The molecule has 0 aliphatic rings. The Kier molecular flexibility index (Phi) is 6.75. The Labute approximate surface area is 136 Å². The fraction of sp³-hybridized carbons (Fsp3) is 0.500. The minimum absolute atomic E-state index is 0.00826. The topological polar surface area (TPSA) is 101 Å². The Balaban J connectivity index is 2.72. The smallest absolute Gasteiger partial charge is 0.326 e. The number of carboxylic acids is 1. The second-order valence-electron chi connectivity index (χ2n) is 5.81. The number of amides is 1. The molecule has 1 amide bonds. The molecule has 1 atom stereocenters. The molecule has 128 valence electrons. The lowest BCUT2D eigenvalue weighted by molar-refractivity contribution is -0.142. The zero-order valence-corrected chi connectivity index (χ0v) is 14.4. The quantitative estimate of drug-likeness (QED) is 0.748. The van der Waals surface area contributed by atoms with Crippen LogP contribution >= 0.6 is 0 Å². The Bertz CT molecular complexity index is 650. The van der Waals surface area contributed by atoms with Gasteiger partial charge < -0.3 is 10.4 Å². The number of carbonyl (C=O) groups is 2. The Morgan fingerprint density at radius 2 is 1.74 bits per heavy atom. The number of nitrogens with one attached hydrogen (secondary N) is 1. The van der Waals surface area contributed by atoms with Crippen molar-refractivity contribution < 1.29 is 23.1 Å². The number of hydrogen-bond donors (Lipinski definition) is 2. The summed E-state index contributed by atoms with van der Waals surface area (Å²) < 4.78 is 23.4. The summed E-state index contributed by atoms with van der Waals surface area (Å²) >= 11 is 0. The molecule has 0 spiro atoms. The van der Waals surface area contributed by atoms with Crippen LogP contribution in [0.3, 0.4) is 0 Å². The molecule has 0 aliphatic carbocycles. The predicted octanol–water partition coefficient (Wildman–Crippen LogP) is 1.64. The standard InChI is InChI=1S/C16H23NO5S/c1-4-23(21,22)13-7-5-12(6-8-13)10-15(18)17-14(16(19)20)9-11(2)3/h5-8,11,14H,4,9-10H2,1-3H3,(H,17,18)(H,19,20). The van der Waals surface area contributed by atoms with E-state index in [2.05, 4.69) is 5.32 Å². The third-order valence-corrected chi connectivity index (χ3v) is 5.12. The van der Waals surface area contributed by atoms with Crippen LogP contribution in [0.15, 0.2) is 29.2 Å². The first-order valence-corrected chi connectivity index (χ1v) is 9.14. The first kappa shape index (κ1) is 19.2. The van der Waals surface area contributed by atoms with Crippen molar-refractivity contribution in [2.24, 2.45) is 5.92 Å². The molecule has 0 radical (unpaired) electrons. The van der Waals surface area contributed by atoms with Gasteiger partial charge in [0.05, 0.1) is 17.1 Å². The van der Waals surface area contributed by atoms with Gasteiger partial charge >= 0.3 is 5.97 Å². The van der Waals surface area contributed by atoms with Crippen LogP contribution < -0.4 is 5.32 Å². The summed E-state index contributed by atoms with van der Waals surface area (Å²) in [7, 11) is -3.27. The van der Waals surface area contributed by atoms with E-state index in [1.54, 1.807) is 19.1 Å². The summed E-state index contributed by atoms with van der Waals surface area (Å²) in [6.07, 6.45) is 0.364. The van der Waals surface area contributed by atoms with Crippen LogP contribution in [-0.2, 0) is 25.8 Å². The summed E-state index contributed by atoms with van der Waals surface area (Å²) in [5, 5.41) is 11.6. The van der Waals surface area contributed by atoms with Gasteiger partial charge in [0.15, 0.2) is 9.84 Å². The van der Waals surface area contributed by atoms with Crippen LogP contribution in [0.1, 0.15) is 32.8 Å². The monoisotopic (exact) mass is 341 g/mol. The highest BCUT2D eigenvalue weighted by atomic mass is 32.2. The van der Waals surface area contributed by atoms with E-state index < -0.39 is 27.8 Å². The summed E-state index contributed by atoms with van der Waals surface area (Å²) in [5.74, 6) is -1.29. The minimum atomic E-state index is -3.27. The number of sulfone groups is 1. The lowest BCUT2D eigenvalue weighted by Crippen LogP contribution is -2.42. The van der Waals surface area contributed by atoms with E-state index in [1.165, 1.54) is 12.1 Å². The van der Waals surface area contributed by atoms with Crippen molar-refractivity contribution in [1.29, 1.82) is 0 Å². The van der Waals surface area contributed by atoms with Gasteiger partial charge in [0.2, 0.25) is 5.91 Å². The molecule has 0 bridgehead atoms. The van der Waals surface area contributed by atoms with Crippen LogP contribution in [-0.4, -0.2) is 37.2 Å². The highest BCUT2D eigenvalue weighted by Crippen LogP contribution is 2.13. The number of benzene rings is 1. The van der Waals surface area contributed by atoms with Crippen molar-refractivity contribution in [2.45, 2.75) is 44.6 Å². The zero-order chi connectivity index (χ0) is 17.6. The van der Waals surface area contributed by atoms with E-state index >= 15 is 0 Å². The first-order valence-electron chi connectivity index (χ1n) is 7.49. The van der Waals surface area contributed by atoms with Gasteiger partial charge in [-0.15, -0.1) is 0 Å². The SMILES string of the molecule is CCS(=O)(=O)c1ccc(CC(=O)NC(CC(C)C)C(=O)O)cc1. The molecular weight excluding hydrogens is 318 g/mol. The van der Waals surface area contributed by atoms with Crippen molar-refractivity contribution in [3.8, 4) is 0 Å². The van der Waals surface area contributed by atoms with E-state index in [0.717, 1.165) is 0 Å². The molecule has 0 saturated carbocycles. The van der Waals surface area contributed by atoms with Crippen molar-refractivity contribution in [2.75, 3.05) is 5.75 Å². The highest BCUT2D eigenvalue weighted by molar-refractivity contribution is 7.91. The van der Waals surface area contributed by atoms with E-state index in [0.29, 0.717) is 12.0 Å². The minimum Gasteiger partial charge on any atom is -0.480 e. The predicted molar refractivity (Wildman–Crippen MR) is 86.9 cm³/mol. The van der Waals surface area contributed by atoms with Gasteiger partial charge in [-0.25, -0.2) is 13.2 Å². The van der Waals surface area contributed by atoms with Crippen LogP contribution in [0.2, 0.25) is 0 Å². The maximum atomic E-state index is 12.0. The van der Waals surface area contributed by atoms with Crippen molar-refractivity contribution in [3.05, 3.63) is 29.8 Å². The van der Waals surface area contributed by atoms with Gasteiger partial charge in [0, 0.05) is 0 Å². The van der Waals surface area contributed by atoms with Crippen LogP contribution in [0.5, 0.6) is 0 Å². The molecule has 0 saturated heterocycles. The molecule has 0 aliphatic heterocycles. The van der Waals surface area contributed by atoms with Crippen LogP contribution in [0.25, 0.3) is 0 Å². The molecule has 1 aromatic rings. The van der Waals surface area contributed by atoms with E-state index in [-0.39, 0.29) is 23.0 Å². The summed E-state index contributed by atoms with van der Waals surface area (Å²) in [4.78, 5) is 23.3. The third kappa shape index (κ3) is 6.02. The maximum Gasteiger partial charge on any atom is 0.326 e. The number of carbonyl (C=O) groups excluding carboxylic acids is 1. The number of rotatable bonds is 8.